The Bertz CT molecular complexity index is 717. The van der Waals surface area contributed by atoms with E-state index >= 15 is 0 Å². The normalized spacial score (nSPS) is 11.7. The lowest BCUT2D eigenvalue weighted by molar-refractivity contribution is -0.141. The van der Waals surface area contributed by atoms with E-state index in [2.05, 4.69) is 5.32 Å². The summed E-state index contributed by atoms with van der Waals surface area (Å²) in [5.74, 6) is -0.209. The van der Waals surface area contributed by atoms with E-state index in [1.165, 1.54) is 0 Å². The maximum absolute atomic E-state index is 12.9. The second kappa shape index (κ2) is 9.97. The number of hydrogen-bond donors (Lipinski definition) is 1. The van der Waals surface area contributed by atoms with Crippen molar-refractivity contribution in [2.45, 2.75) is 39.3 Å². The molecule has 0 saturated carbocycles. The number of nitrogens with zero attached hydrogens (tertiary/aromatic N) is 1. The zero-order valence-corrected chi connectivity index (χ0v) is 16.0. The van der Waals surface area contributed by atoms with E-state index in [4.69, 9.17) is 11.6 Å². The molecule has 0 spiro atoms. The zero-order valence-electron chi connectivity index (χ0n) is 15.2. The van der Waals surface area contributed by atoms with Gasteiger partial charge in [0.2, 0.25) is 11.8 Å². The number of carbonyl (C=O) groups excluding carboxylic acids is 2. The highest BCUT2D eigenvalue weighted by Crippen LogP contribution is 2.25. The second-order valence-corrected chi connectivity index (χ2v) is 6.54. The topological polar surface area (TPSA) is 49.4 Å². The van der Waals surface area contributed by atoms with Crippen molar-refractivity contribution in [3.05, 3.63) is 70.7 Å². The summed E-state index contributed by atoms with van der Waals surface area (Å²) in [6.45, 7) is 4.70. The fourth-order valence-electron chi connectivity index (χ4n) is 2.85. The van der Waals surface area contributed by atoms with Gasteiger partial charge >= 0.3 is 0 Å². The molecule has 0 aromatic heterocycles. The van der Waals surface area contributed by atoms with Gasteiger partial charge in [0.05, 0.1) is 0 Å². The first-order valence-electron chi connectivity index (χ1n) is 8.93. The number of nitrogens with one attached hydrogen (secondary N) is 1. The van der Waals surface area contributed by atoms with Crippen LogP contribution in [0.4, 0.5) is 0 Å². The summed E-state index contributed by atoms with van der Waals surface area (Å²) >= 11 is 5.97. The molecule has 0 fully saturated rings. The number of carbonyl (C=O) groups is 2. The van der Waals surface area contributed by atoms with Crippen molar-refractivity contribution in [2.24, 2.45) is 0 Å². The number of likely N-dealkylation sites (N-methyl/N-ethyl adjacent to an activating group) is 1. The van der Waals surface area contributed by atoms with Gasteiger partial charge in [-0.15, -0.1) is 0 Å². The van der Waals surface area contributed by atoms with E-state index in [1.54, 1.807) is 17.0 Å². The van der Waals surface area contributed by atoms with Crippen molar-refractivity contribution in [3.8, 4) is 0 Å². The summed E-state index contributed by atoms with van der Waals surface area (Å²) in [7, 11) is 0. The fourth-order valence-corrected chi connectivity index (χ4v) is 2.97. The Morgan fingerprint density at radius 1 is 1.04 bits per heavy atom. The van der Waals surface area contributed by atoms with Crippen LogP contribution in [-0.2, 0) is 16.1 Å². The van der Waals surface area contributed by atoms with Gasteiger partial charge in [0.1, 0.15) is 6.04 Å². The predicted octanol–water partition coefficient (Wildman–Crippen LogP) is 4.35. The number of benzene rings is 2. The van der Waals surface area contributed by atoms with E-state index in [1.807, 2.05) is 56.3 Å². The predicted molar refractivity (Wildman–Crippen MR) is 105 cm³/mol. The molecule has 2 aromatic carbocycles. The van der Waals surface area contributed by atoms with Crippen molar-refractivity contribution in [3.63, 3.8) is 0 Å². The standard InChI is InChI=1S/C21H25ClN2O2/c1-3-8-19(25)24(15-16-11-13-18(22)14-12-16)20(21(26)23-4-2)17-9-6-5-7-10-17/h5-7,9-14,20H,3-4,8,15H2,1-2H3,(H,23,26)/t20-/m1/s1. The van der Waals surface area contributed by atoms with Gasteiger partial charge in [-0.1, -0.05) is 61.0 Å². The van der Waals surface area contributed by atoms with Crippen LogP contribution >= 0.6 is 11.6 Å². The van der Waals surface area contributed by atoms with E-state index in [-0.39, 0.29) is 11.8 Å². The Balaban J connectivity index is 2.41. The quantitative estimate of drug-likeness (QED) is 0.749. The van der Waals surface area contributed by atoms with Crippen LogP contribution in [0.5, 0.6) is 0 Å². The first-order valence-corrected chi connectivity index (χ1v) is 9.31. The Morgan fingerprint density at radius 3 is 2.27 bits per heavy atom. The maximum atomic E-state index is 12.9. The Hall–Kier alpha value is -2.33. The van der Waals surface area contributed by atoms with Crippen molar-refractivity contribution >= 4 is 23.4 Å². The minimum atomic E-state index is -0.661. The smallest absolute Gasteiger partial charge is 0.247 e. The van der Waals surface area contributed by atoms with Crippen LogP contribution in [0, 0.1) is 0 Å². The molecule has 5 heteroatoms. The average Bonchev–Trinajstić information content (AvgIpc) is 2.64. The summed E-state index contributed by atoms with van der Waals surface area (Å²) < 4.78 is 0. The zero-order chi connectivity index (χ0) is 18.9. The van der Waals surface area contributed by atoms with Crippen LogP contribution in [0.2, 0.25) is 5.02 Å². The van der Waals surface area contributed by atoms with Gasteiger partial charge in [0, 0.05) is 24.5 Å². The molecule has 2 rings (SSSR count). The van der Waals surface area contributed by atoms with Crippen LogP contribution in [0.1, 0.15) is 43.9 Å². The lowest BCUT2D eigenvalue weighted by atomic mass is 10.0. The summed E-state index contributed by atoms with van der Waals surface area (Å²) in [6.07, 6.45) is 1.13. The number of halogens is 1. The van der Waals surface area contributed by atoms with Crippen molar-refractivity contribution in [2.75, 3.05) is 6.54 Å². The molecule has 2 amide bonds. The van der Waals surface area contributed by atoms with Gasteiger partial charge in [-0.3, -0.25) is 9.59 Å². The van der Waals surface area contributed by atoms with Crippen molar-refractivity contribution < 1.29 is 9.59 Å². The first kappa shape index (κ1) is 20.0. The molecule has 1 atom stereocenters. The average molecular weight is 373 g/mol. The molecule has 1 N–H and O–H groups in total. The van der Waals surface area contributed by atoms with E-state index in [0.717, 1.165) is 17.5 Å². The van der Waals surface area contributed by atoms with Crippen LogP contribution in [0.3, 0.4) is 0 Å². The SMILES string of the molecule is CCCC(=O)N(Cc1ccc(Cl)cc1)[C@@H](C(=O)NCC)c1ccccc1. The third kappa shape index (κ3) is 5.33. The Morgan fingerprint density at radius 2 is 1.69 bits per heavy atom. The molecule has 0 aliphatic rings. The lowest BCUT2D eigenvalue weighted by Crippen LogP contribution is -2.43. The molecule has 0 aliphatic carbocycles. The summed E-state index contributed by atoms with van der Waals surface area (Å²) in [4.78, 5) is 27.3. The molecule has 138 valence electrons. The van der Waals surface area contributed by atoms with E-state index in [9.17, 15) is 9.59 Å². The summed E-state index contributed by atoms with van der Waals surface area (Å²) in [5, 5.41) is 3.50. The molecule has 0 saturated heterocycles. The minimum Gasteiger partial charge on any atom is -0.354 e. The van der Waals surface area contributed by atoms with E-state index in [0.29, 0.717) is 24.5 Å². The minimum absolute atomic E-state index is 0.0393. The third-order valence-electron chi connectivity index (χ3n) is 4.08. The van der Waals surface area contributed by atoms with Gasteiger partial charge in [0.25, 0.3) is 0 Å². The molecule has 0 unspecified atom stereocenters. The first-order chi connectivity index (χ1) is 12.6. The monoisotopic (exact) mass is 372 g/mol. The third-order valence-corrected chi connectivity index (χ3v) is 4.33. The van der Waals surface area contributed by atoms with Crippen LogP contribution in [0.25, 0.3) is 0 Å². The summed E-state index contributed by atoms with van der Waals surface area (Å²) in [5.41, 5.74) is 1.74. The van der Waals surface area contributed by atoms with Crippen LogP contribution in [-0.4, -0.2) is 23.3 Å². The number of hydrogen-bond acceptors (Lipinski definition) is 2. The lowest BCUT2D eigenvalue weighted by Gasteiger charge is -2.31. The molecular formula is C21H25ClN2O2. The number of amides is 2. The molecule has 4 nitrogen and oxygen atoms in total. The molecule has 26 heavy (non-hydrogen) atoms. The fraction of sp³-hybridized carbons (Fsp3) is 0.333. The van der Waals surface area contributed by atoms with Gasteiger partial charge in [-0.25, -0.2) is 0 Å². The van der Waals surface area contributed by atoms with Gasteiger partial charge in [-0.05, 0) is 36.6 Å². The molecule has 0 aliphatic heterocycles. The second-order valence-electron chi connectivity index (χ2n) is 6.11. The van der Waals surface area contributed by atoms with Crippen LogP contribution in [0.15, 0.2) is 54.6 Å². The van der Waals surface area contributed by atoms with Crippen molar-refractivity contribution in [1.29, 1.82) is 0 Å². The van der Waals surface area contributed by atoms with Gasteiger partial charge in [-0.2, -0.15) is 0 Å². The highest BCUT2D eigenvalue weighted by molar-refractivity contribution is 6.30. The Kier molecular flexibility index (Phi) is 7.67. The highest BCUT2D eigenvalue weighted by atomic mass is 35.5. The molecular weight excluding hydrogens is 348 g/mol. The highest BCUT2D eigenvalue weighted by Gasteiger charge is 2.30. The molecule has 0 bridgehead atoms. The number of rotatable bonds is 8. The molecule has 0 heterocycles. The largest absolute Gasteiger partial charge is 0.354 e. The van der Waals surface area contributed by atoms with E-state index < -0.39 is 6.04 Å². The molecule has 0 radical (unpaired) electrons. The maximum Gasteiger partial charge on any atom is 0.247 e. The molecule has 2 aromatic rings. The summed E-state index contributed by atoms with van der Waals surface area (Å²) in [6, 6.07) is 16.1. The van der Waals surface area contributed by atoms with Gasteiger partial charge < -0.3 is 10.2 Å². The van der Waals surface area contributed by atoms with Crippen LogP contribution < -0.4 is 5.32 Å². The van der Waals surface area contributed by atoms with Crippen molar-refractivity contribution in [1.82, 2.24) is 10.2 Å². The van der Waals surface area contributed by atoms with Gasteiger partial charge in [0.15, 0.2) is 0 Å². The Labute approximate surface area is 160 Å².